The fraction of sp³-hybridized carbons (Fsp3) is 0.273. The molecule has 0 radical (unpaired) electrons. The normalized spacial score (nSPS) is 10.2. The molecule has 1 rings (SSSR count). The van der Waals surface area contributed by atoms with E-state index in [4.69, 9.17) is 5.73 Å². The van der Waals surface area contributed by atoms with Crippen molar-refractivity contribution in [2.45, 2.75) is 19.8 Å². The Morgan fingerprint density at radius 2 is 2.08 bits per heavy atom. The zero-order valence-corrected chi connectivity index (χ0v) is 7.67. The van der Waals surface area contributed by atoms with Gasteiger partial charge < -0.3 is 5.73 Å². The molecule has 64 valence electrons. The summed E-state index contributed by atoms with van der Waals surface area (Å²) < 4.78 is 0. The molecule has 0 unspecified atom stereocenters. The van der Waals surface area contributed by atoms with Crippen LogP contribution in [0, 0.1) is 0 Å². The molecule has 0 heterocycles. The summed E-state index contributed by atoms with van der Waals surface area (Å²) in [4.78, 5) is 0. The molecular formula is C11H15N. The number of hydrogen-bond acceptors (Lipinski definition) is 1. The van der Waals surface area contributed by atoms with Crippen LogP contribution in [-0.2, 0) is 0 Å². The lowest BCUT2D eigenvalue weighted by atomic mass is 9.97. The third kappa shape index (κ3) is 1.67. The van der Waals surface area contributed by atoms with Gasteiger partial charge in [-0.25, -0.2) is 0 Å². The third-order valence-electron chi connectivity index (χ3n) is 1.95. The molecule has 2 N–H and O–H groups in total. The minimum Gasteiger partial charge on any atom is -0.399 e. The minimum absolute atomic E-state index is 0.526. The number of benzene rings is 1. The van der Waals surface area contributed by atoms with Gasteiger partial charge in [-0.3, -0.25) is 0 Å². The lowest BCUT2D eigenvalue weighted by molar-refractivity contribution is 0.864. The highest BCUT2D eigenvalue weighted by Crippen LogP contribution is 2.22. The number of nitrogen functional groups attached to an aromatic ring is 1. The predicted molar refractivity (Wildman–Crippen MR) is 55.0 cm³/mol. The predicted octanol–water partition coefficient (Wildman–Crippen LogP) is 3.04. The number of hydrogen-bond donors (Lipinski definition) is 1. The van der Waals surface area contributed by atoms with E-state index >= 15 is 0 Å². The van der Waals surface area contributed by atoms with Crippen molar-refractivity contribution in [3.63, 3.8) is 0 Å². The maximum atomic E-state index is 5.66. The molecule has 0 atom stereocenters. The molecule has 0 bridgehead atoms. The van der Waals surface area contributed by atoms with Crippen LogP contribution < -0.4 is 5.73 Å². The topological polar surface area (TPSA) is 26.0 Å². The fourth-order valence-corrected chi connectivity index (χ4v) is 1.30. The second kappa shape index (κ2) is 3.44. The van der Waals surface area contributed by atoms with E-state index in [1.54, 1.807) is 0 Å². The van der Waals surface area contributed by atoms with Gasteiger partial charge >= 0.3 is 0 Å². The van der Waals surface area contributed by atoms with E-state index < -0.39 is 0 Å². The average Bonchev–Trinajstić information content (AvgIpc) is 2.03. The molecule has 0 amide bonds. The van der Waals surface area contributed by atoms with Crippen LogP contribution in [0.2, 0.25) is 0 Å². The molecule has 1 aromatic carbocycles. The highest BCUT2D eigenvalue weighted by atomic mass is 14.5. The van der Waals surface area contributed by atoms with E-state index in [2.05, 4.69) is 26.5 Å². The molecule has 1 aromatic rings. The van der Waals surface area contributed by atoms with Gasteiger partial charge in [-0.2, -0.15) is 0 Å². The Labute approximate surface area is 73.9 Å². The smallest absolute Gasteiger partial charge is 0.0320 e. The van der Waals surface area contributed by atoms with Gasteiger partial charge in [0.1, 0.15) is 0 Å². The lowest BCUT2D eigenvalue weighted by Gasteiger charge is -2.09. The average molecular weight is 161 g/mol. The Kier molecular flexibility index (Phi) is 2.54. The van der Waals surface area contributed by atoms with E-state index in [0.717, 1.165) is 11.3 Å². The summed E-state index contributed by atoms with van der Waals surface area (Å²) in [5, 5.41) is 0. The Hall–Kier alpha value is -1.24. The first kappa shape index (κ1) is 8.85. The standard InChI is InChI=1S/C11H15N/c1-4-9-7-10(12)5-6-11(9)8(2)3/h4-8H,1,12H2,2-3H3. The minimum atomic E-state index is 0.526. The summed E-state index contributed by atoms with van der Waals surface area (Å²) in [5.74, 6) is 0.526. The molecule has 0 saturated heterocycles. The monoisotopic (exact) mass is 161 g/mol. The van der Waals surface area contributed by atoms with E-state index in [0.29, 0.717) is 5.92 Å². The van der Waals surface area contributed by atoms with Gasteiger partial charge in [-0.1, -0.05) is 32.6 Å². The summed E-state index contributed by atoms with van der Waals surface area (Å²) in [6, 6.07) is 5.96. The zero-order valence-electron chi connectivity index (χ0n) is 7.67. The molecule has 0 saturated carbocycles. The summed E-state index contributed by atoms with van der Waals surface area (Å²) in [6.45, 7) is 8.09. The summed E-state index contributed by atoms with van der Waals surface area (Å²) in [5.41, 5.74) is 8.90. The maximum absolute atomic E-state index is 5.66. The summed E-state index contributed by atoms with van der Waals surface area (Å²) in [7, 11) is 0. The second-order valence-electron chi connectivity index (χ2n) is 3.25. The van der Waals surface area contributed by atoms with Crippen LogP contribution in [-0.4, -0.2) is 0 Å². The Morgan fingerprint density at radius 1 is 1.42 bits per heavy atom. The number of anilines is 1. The Bertz CT molecular complexity index is 287. The first-order valence-electron chi connectivity index (χ1n) is 4.17. The summed E-state index contributed by atoms with van der Waals surface area (Å²) in [6.07, 6.45) is 1.85. The van der Waals surface area contributed by atoms with Crippen molar-refractivity contribution >= 4 is 11.8 Å². The molecule has 0 aromatic heterocycles. The van der Waals surface area contributed by atoms with Crippen LogP contribution in [0.1, 0.15) is 30.9 Å². The molecule has 12 heavy (non-hydrogen) atoms. The first-order chi connectivity index (χ1) is 5.65. The number of nitrogens with two attached hydrogens (primary N) is 1. The van der Waals surface area contributed by atoms with Crippen LogP contribution in [0.25, 0.3) is 6.08 Å². The van der Waals surface area contributed by atoms with Crippen molar-refractivity contribution in [3.05, 3.63) is 35.9 Å². The summed E-state index contributed by atoms with van der Waals surface area (Å²) >= 11 is 0. The van der Waals surface area contributed by atoms with Crippen LogP contribution in [0.3, 0.4) is 0 Å². The quantitative estimate of drug-likeness (QED) is 0.663. The molecule has 0 fully saturated rings. The van der Waals surface area contributed by atoms with Gasteiger partial charge in [0.05, 0.1) is 0 Å². The molecule has 1 nitrogen and oxygen atoms in total. The molecule has 0 aliphatic heterocycles. The SMILES string of the molecule is C=Cc1cc(N)ccc1C(C)C. The van der Waals surface area contributed by atoms with Crippen molar-refractivity contribution in [1.82, 2.24) is 0 Å². The molecule has 0 aliphatic rings. The zero-order chi connectivity index (χ0) is 9.14. The van der Waals surface area contributed by atoms with Crippen LogP contribution in [0.15, 0.2) is 24.8 Å². The van der Waals surface area contributed by atoms with Gasteiger partial charge in [0.2, 0.25) is 0 Å². The number of rotatable bonds is 2. The molecule has 0 aliphatic carbocycles. The van der Waals surface area contributed by atoms with Gasteiger partial charge in [0.15, 0.2) is 0 Å². The molecule has 1 heteroatoms. The van der Waals surface area contributed by atoms with Crippen molar-refractivity contribution in [2.24, 2.45) is 0 Å². The van der Waals surface area contributed by atoms with Crippen molar-refractivity contribution in [1.29, 1.82) is 0 Å². The lowest BCUT2D eigenvalue weighted by Crippen LogP contribution is -1.93. The van der Waals surface area contributed by atoms with Gasteiger partial charge in [-0.15, -0.1) is 0 Å². The van der Waals surface area contributed by atoms with Crippen molar-refractivity contribution in [2.75, 3.05) is 5.73 Å². The Balaban J connectivity index is 3.20. The third-order valence-corrected chi connectivity index (χ3v) is 1.95. The molecular weight excluding hydrogens is 146 g/mol. The highest BCUT2D eigenvalue weighted by Gasteiger charge is 2.03. The van der Waals surface area contributed by atoms with Crippen LogP contribution in [0.4, 0.5) is 5.69 Å². The largest absolute Gasteiger partial charge is 0.399 e. The van der Waals surface area contributed by atoms with Crippen LogP contribution >= 0.6 is 0 Å². The Morgan fingerprint density at radius 3 is 2.58 bits per heavy atom. The van der Waals surface area contributed by atoms with Gasteiger partial charge in [-0.05, 0) is 29.2 Å². The van der Waals surface area contributed by atoms with Gasteiger partial charge in [0, 0.05) is 5.69 Å². The van der Waals surface area contributed by atoms with E-state index in [1.165, 1.54) is 5.56 Å². The van der Waals surface area contributed by atoms with Gasteiger partial charge in [0.25, 0.3) is 0 Å². The highest BCUT2D eigenvalue weighted by molar-refractivity contribution is 5.59. The van der Waals surface area contributed by atoms with E-state index in [1.807, 2.05) is 18.2 Å². The van der Waals surface area contributed by atoms with Crippen molar-refractivity contribution < 1.29 is 0 Å². The molecule has 0 spiro atoms. The first-order valence-corrected chi connectivity index (χ1v) is 4.17. The van der Waals surface area contributed by atoms with Crippen molar-refractivity contribution in [3.8, 4) is 0 Å². The fourth-order valence-electron chi connectivity index (χ4n) is 1.30. The maximum Gasteiger partial charge on any atom is 0.0320 e. The van der Waals surface area contributed by atoms with Crippen LogP contribution in [0.5, 0.6) is 0 Å². The van der Waals surface area contributed by atoms with E-state index in [-0.39, 0.29) is 0 Å². The van der Waals surface area contributed by atoms with E-state index in [9.17, 15) is 0 Å². The second-order valence-corrected chi connectivity index (χ2v) is 3.25.